The van der Waals surface area contributed by atoms with Gasteiger partial charge in [0.15, 0.2) is 0 Å². The fourth-order valence-corrected chi connectivity index (χ4v) is 3.55. The average Bonchev–Trinajstić information content (AvgIpc) is 3.00. The van der Waals surface area contributed by atoms with Gasteiger partial charge in [0, 0.05) is 19.6 Å². The minimum absolute atomic E-state index is 0.0501. The first-order valence-electron chi connectivity index (χ1n) is 7.04. The number of benzene rings is 1. The van der Waals surface area contributed by atoms with Gasteiger partial charge in [0.25, 0.3) is 0 Å². The molecule has 3 nitrogen and oxygen atoms in total. The van der Waals surface area contributed by atoms with Gasteiger partial charge in [-0.3, -0.25) is 4.79 Å². The number of likely N-dealkylation sites (tertiary alicyclic amines) is 1. The van der Waals surface area contributed by atoms with Gasteiger partial charge in [-0.2, -0.15) is 0 Å². The summed E-state index contributed by atoms with van der Waals surface area (Å²) in [5.41, 5.74) is 0.879. The third kappa shape index (κ3) is 4.97. The molecule has 1 aromatic carbocycles. The first kappa shape index (κ1) is 16.2. The highest BCUT2D eigenvalue weighted by Crippen LogP contribution is 2.20. The molecule has 1 aliphatic rings. The lowest BCUT2D eigenvalue weighted by Gasteiger charge is -2.20. The lowest BCUT2D eigenvalue weighted by molar-refractivity contribution is -0.120. The molecule has 0 aromatic heterocycles. The van der Waals surface area contributed by atoms with Crippen molar-refractivity contribution < 1.29 is 9.18 Å². The summed E-state index contributed by atoms with van der Waals surface area (Å²) < 4.78 is 13.6. The average molecular weight is 326 g/mol. The highest BCUT2D eigenvalue weighted by Gasteiger charge is 2.21. The van der Waals surface area contributed by atoms with Crippen LogP contribution < -0.4 is 5.32 Å². The van der Waals surface area contributed by atoms with Crippen molar-refractivity contribution in [2.24, 2.45) is 0 Å². The van der Waals surface area contributed by atoms with E-state index in [0.29, 0.717) is 6.54 Å². The SMILES string of the molecule is CC(SC(=S)N1CCCC1)C(=O)NCc1ccc(F)cc1. The fraction of sp³-hybridized carbons (Fsp3) is 0.467. The molecule has 0 bridgehead atoms. The van der Waals surface area contributed by atoms with E-state index in [0.717, 1.165) is 23.0 Å². The van der Waals surface area contributed by atoms with Crippen LogP contribution in [0.5, 0.6) is 0 Å². The Morgan fingerprint density at radius 2 is 2.00 bits per heavy atom. The second kappa shape index (κ2) is 7.75. The van der Waals surface area contributed by atoms with Crippen molar-refractivity contribution in [3.8, 4) is 0 Å². The molecule has 0 saturated carbocycles. The van der Waals surface area contributed by atoms with E-state index in [2.05, 4.69) is 10.2 Å². The predicted octanol–water partition coefficient (Wildman–Crippen LogP) is 2.94. The van der Waals surface area contributed by atoms with Gasteiger partial charge in [-0.1, -0.05) is 36.1 Å². The zero-order valence-electron chi connectivity index (χ0n) is 12.0. The second-order valence-corrected chi connectivity index (χ2v) is 7.04. The van der Waals surface area contributed by atoms with Crippen molar-refractivity contribution in [2.45, 2.75) is 31.6 Å². The minimum Gasteiger partial charge on any atom is -0.358 e. The minimum atomic E-state index is -0.273. The van der Waals surface area contributed by atoms with E-state index in [1.54, 1.807) is 12.1 Å². The summed E-state index contributed by atoms with van der Waals surface area (Å²) in [4.78, 5) is 14.2. The van der Waals surface area contributed by atoms with Crippen molar-refractivity contribution in [3.05, 3.63) is 35.6 Å². The number of carbonyl (C=O) groups excluding carboxylic acids is 1. The molecule has 1 amide bonds. The molecule has 0 aliphatic carbocycles. The van der Waals surface area contributed by atoms with Crippen LogP contribution in [0.2, 0.25) is 0 Å². The molecule has 1 unspecified atom stereocenters. The predicted molar refractivity (Wildman–Crippen MR) is 88.7 cm³/mol. The second-order valence-electron chi connectivity index (χ2n) is 5.06. The topological polar surface area (TPSA) is 32.3 Å². The van der Waals surface area contributed by atoms with Crippen LogP contribution in [-0.2, 0) is 11.3 Å². The normalized spacial score (nSPS) is 15.8. The molecular formula is C15H19FN2OS2. The first-order valence-corrected chi connectivity index (χ1v) is 8.33. The number of thiocarbonyl (C=S) groups is 1. The van der Waals surface area contributed by atoms with Gasteiger partial charge in [-0.25, -0.2) is 4.39 Å². The van der Waals surface area contributed by atoms with Gasteiger partial charge < -0.3 is 10.2 Å². The number of carbonyl (C=O) groups is 1. The number of thioether (sulfide) groups is 1. The molecule has 21 heavy (non-hydrogen) atoms. The van der Waals surface area contributed by atoms with E-state index in [9.17, 15) is 9.18 Å². The van der Waals surface area contributed by atoms with Crippen LogP contribution in [0.3, 0.4) is 0 Å². The number of rotatable bonds is 4. The molecule has 1 saturated heterocycles. The maximum Gasteiger partial charge on any atom is 0.233 e. The highest BCUT2D eigenvalue weighted by atomic mass is 32.2. The Labute approximate surface area is 134 Å². The van der Waals surface area contributed by atoms with Crippen molar-refractivity contribution >= 4 is 34.2 Å². The number of hydrogen-bond acceptors (Lipinski definition) is 3. The first-order chi connectivity index (χ1) is 10.1. The van der Waals surface area contributed by atoms with Gasteiger partial charge in [0.2, 0.25) is 5.91 Å². The molecule has 1 heterocycles. The molecule has 114 valence electrons. The Hall–Kier alpha value is -1.14. The van der Waals surface area contributed by atoms with Crippen molar-refractivity contribution in [1.29, 1.82) is 0 Å². The van der Waals surface area contributed by atoms with E-state index in [1.807, 2.05) is 6.92 Å². The van der Waals surface area contributed by atoms with Crippen molar-refractivity contribution in [1.82, 2.24) is 10.2 Å². The van der Waals surface area contributed by atoms with Crippen LogP contribution in [0.25, 0.3) is 0 Å². The molecule has 6 heteroatoms. The molecule has 1 atom stereocenters. The van der Waals surface area contributed by atoms with Gasteiger partial charge in [0.1, 0.15) is 10.1 Å². The standard InChI is InChI=1S/C15H19FN2OS2/c1-11(21-15(20)18-8-2-3-9-18)14(19)17-10-12-4-6-13(16)7-5-12/h4-7,11H,2-3,8-10H2,1H3,(H,17,19). The maximum absolute atomic E-state index is 12.8. The maximum atomic E-state index is 12.8. The van der Waals surface area contributed by atoms with Crippen molar-refractivity contribution in [3.63, 3.8) is 0 Å². The van der Waals surface area contributed by atoms with E-state index in [1.165, 1.54) is 36.7 Å². The van der Waals surface area contributed by atoms with E-state index in [4.69, 9.17) is 12.2 Å². The smallest absolute Gasteiger partial charge is 0.233 e. The third-order valence-corrected chi connectivity index (χ3v) is 4.97. The zero-order chi connectivity index (χ0) is 15.2. The summed E-state index contributed by atoms with van der Waals surface area (Å²) in [6, 6.07) is 6.12. The molecule has 1 N–H and O–H groups in total. The highest BCUT2D eigenvalue weighted by molar-refractivity contribution is 8.23. The largest absolute Gasteiger partial charge is 0.358 e. The van der Waals surface area contributed by atoms with Crippen molar-refractivity contribution in [2.75, 3.05) is 13.1 Å². The zero-order valence-corrected chi connectivity index (χ0v) is 13.6. The summed E-state index contributed by atoms with van der Waals surface area (Å²) >= 11 is 6.80. The van der Waals surface area contributed by atoms with Crippen LogP contribution in [0.15, 0.2) is 24.3 Å². The summed E-state index contributed by atoms with van der Waals surface area (Å²) in [5, 5.41) is 2.63. The number of hydrogen-bond donors (Lipinski definition) is 1. The molecule has 0 radical (unpaired) electrons. The third-order valence-electron chi connectivity index (χ3n) is 3.39. The Morgan fingerprint density at radius 1 is 1.38 bits per heavy atom. The summed E-state index contributed by atoms with van der Waals surface area (Å²) in [6.45, 7) is 4.25. The molecule has 1 aliphatic heterocycles. The van der Waals surface area contributed by atoms with Gasteiger partial charge in [-0.05, 0) is 37.5 Å². The quantitative estimate of drug-likeness (QED) is 0.862. The van der Waals surface area contributed by atoms with Gasteiger partial charge >= 0.3 is 0 Å². The van der Waals surface area contributed by atoms with Crippen LogP contribution in [-0.4, -0.2) is 33.5 Å². The Bertz CT molecular complexity index is 501. The Morgan fingerprint density at radius 3 is 2.62 bits per heavy atom. The molecule has 1 fully saturated rings. The summed E-state index contributed by atoms with van der Waals surface area (Å²) in [6.07, 6.45) is 2.34. The lowest BCUT2D eigenvalue weighted by Crippen LogP contribution is -2.33. The van der Waals surface area contributed by atoms with Gasteiger partial charge in [-0.15, -0.1) is 0 Å². The molecule has 1 aromatic rings. The molecule has 2 rings (SSSR count). The monoisotopic (exact) mass is 326 g/mol. The van der Waals surface area contributed by atoms with Crippen LogP contribution in [0.1, 0.15) is 25.3 Å². The Balaban J connectivity index is 1.76. The van der Waals surface area contributed by atoms with E-state index < -0.39 is 0 Å². The molecule has 0 spiro atoms. The van der Waals surface area contributed by atoms with E-state index in [-0.39, 0.29) is 17.0 Å². The summed E-state index contributed by atoms with van der Waals surface area (Å²) in [5.74, 6) is -0.323. The van der Waals surface area contributed by atoms with Crippen LogP contribution in [0.4, 0.5) is 4.39 Å². The van der Waals surface area contributed by atoms with Crippen LogP contribution in [0, 0.1) is 5.82 Å². The number of amides is 1. The fourth-order valence-electron chi connectivity index (χ4n) is 2.11. The number of nitrogens with zero attached hydrogens (tertiary/aromatic N) is 1. The lowest BCUT2D eigenvalue weighted by atomic mass is 10.2. The Kier molecular flexibility index (Phi) is 5.99. The number of nitrogens with one attached hydrogen (secondary N) is 1. The number of halogens is 1. The van der Waals surface area contributed by atoms with Crippen LogP contribution >= 0.6 is 24.0 Å². The summed E-state index contributed by atoms with van der Waals surface area (Å²) in [7, 11) is 0. The van der Waals surface area contributed by atoms with E-state index >= 15 is 0 Å². The van der Waals surface area contributed by atoms with Gasteiger partial charge in [0.05, 0.1) is 5.25 Å². The molecular weight excluding hydrogens is 307 g/mol.